The minimum absolute atomic E-state index is 0.199. The van der Waals surface area contributed by atoms with Crippen LogP contribution in [0.3, 0.4) is 0 Å². The maximum Gasteiger partial charge on any atom is 0.189 e. The normalized spacial score (nSPS) is 27.4. The van der Waals surface area contributed by atoms with Crippen LogP contribution >= 0.6 is 0 Å². The van der Waals surface area contributed by atoms with Crippen LogP contribution < -0.4 is 0 Å². The predicted molar refractivity (Wildman–Crippen MR) is 79.8 cm³/mol. The standard InChI is InChI=1S/C18H22O2/c1-3-5-9-13-12-18(16(20-18)8-4-2)15-11-7-6-10-14(15)17(13)19/h6-7,10-12,16H,3-5,8-9H2,1-2H3/t16-,18-/m1/s1. The van der Waals surface area contributed by atoms with Gasteiger partial charge in [0.1, 0.15) is 5.60 Å². The van der Waals surface area contributed by atoms with Gasteiger partial charge in [-0.15, -0.1) is 0 Å². The Balaban J connectivity index is 1.99. The Morgan fingerprint density at radius 2 is 2.00 bits per heavy atom. The molecule has 3 rings (SSSR count). The molecule has 1 aliphatic heterocycles. The lowest BCUT2D eigenvalue weighted by molar-refractivity contribution is 0.102. The van der Waals surface area contributed by atoms with Gasteiger partial charge in [-0.3, -0.25) is 4.79 Å². The Kier molecular flexibility index (Phi) is 3.51. The van der Waals surface area contributed by atoms with Crippen molar-refractivity contribution in [1.29, 1.82) is 0 Å². The number of epoxide rings is 1. The fourth-order valence-electron chi connectivity index (χ4n) is 3.25. The van der Waals surface area contributed by atoms with Crippen molar-refractivity contribution in [2.24, 2.45) is 0 Å². The second-order valence-corrected chi connectivity index (χ2v) is 5.84. The molecule has 2 nitrogen and oxygen atoms in total. The van der Waals surface area contributed by atoms with Gasteiger partial charge in [0.15, 0.2) is 5.78 Å². The highest BCUT2D eigenvalue weighted by Gasteiger charge is 2.58. The van der Waals surface area contributed by atoms with Gasteiger partial charge >= 0.3 is 0 Å². The Bertz CT molecular complexity index is 558. The number of carbonyl (C=O) groups excluding carboxylic acids is 1. The fourth-order valence-corrected chi connectivity index (χ4v) is 3.25. The molecule has 0 aromatic heterocycles. The summed E-state index contributed by atoms with van der Waals surface area (Å²) in [4.78, 5) is 12.6. The summed E-state index contributed by atoms with van der Waals surface area (Å²) >= 11 is 0. The monoisotopic (exact) mass is 270 g/mol. The van der Waals surface area contributed by atoms with Gasteiger partial charge in [0.05, 0.1) is 6.10 Å². The second kappa shape index (κ2) is 5.17. The van der Waals surface area contributed by atoms with Crippen LogP contribution in [0.25, 0.3) is 0 Å². The number of carbonyl (C=O) groups is 1. The van der Waals surface area contributed by atoms with E-state index in [4.69, 9.17) is 4.74 Å². The van der Waals surface area contributed by atoms with Crippen LogP contribution in [0.2, 0.25) is 0 Å². The van der Waals surface area contributed by atoms with E-state index in [-0.39, 0.29) is 17.5 Å². The number of allylic oxidation sites excluding steroid dienone is 1. The van der Waals surface area contributed by atoms with E-state index < -0.39 is 0 Å². The Morgan fingerprint density at radius 3 is 2.75 bits per heavy atom. The molecule has 0 unspecified atom stereocenters. The maximum absolute atomic E-state index is 12.6. The zero-order valence-electron chi connectivity index (χ0n) is 12.3. The van der Waals surface area contributed by atoms with Crippen molar-refractivity contribution in [1.82, 2.24) is 0 Å². The molecule has 106 valence electrons. The third-order valence-electron chi connectivity index (χ3n) is 4.38. The summed E-state index contributed by atoms with van der Waals surface area (Å²) in [6, 6.07) is 7.95. The van der Waals surface area contributed by atoms with E-state index in [2.05, 4.69) is 26.0 Å². The quantitative estimate of drug-likeness (QED) is 0.742. The SMILES string of the molecule is CCCCC1=C[C@@]2(O[C@@H]2CCC)c2ccccc2C1=O. The van der Waals surface area contributed by atoms with Crippen molar-refractivity contribution < 1.29 is 9.53 Å². The first kappa shape index (κ1) is 13.6. The Labute approximate surface area is 120 Å². The Morgan fingerprint density at radius 1 is 1.20 bits per heavy atom. The number of ketones is 1. The molecule has 2 aliphatic rings. The summed E-state index contributed by atoms with van der Waals surface area (Å²) in [7, 11) is 0. The summed E-state index contributed by atoms with van der Waals surface area (Å²) < 4.78 is 6.04. The molecule has 1 spiro atoms. The summed E-state index contributed by atoms with van der Waals surface area (Å²) in [6.07, 6.45) is 7.58. The zero-order valence-corrected chi connectivity index (χ0v) is 12.3. The topological polar surface area (TPSA) is 29.6 Å². The second-order valence-electron chi connectivity index (χ2n) is 5.84. The van der Waals surface area contributed by atoms with Crippen LogP contribution in [0.4, 0.5) is 0 Å². The van der Waals surface area contributed by atoms with E-state index in [9.17, 15) is 4.79 Å². The minimum atomic E-state index is -0.302. The number of Topliss-reactive ketones (excluding diaryl/α,β-unsaturated/α-hetero) is 1. The third-order valence-corrected chi connectivity index (χ3v) is 4.38. The van der Waals surface area contributed by atoms with Crippen molar-refractivity contribution in [3.8, 4) is 0 Å². The van der Waals surface area contributed by atoms with E-state index in [1.165, 1.54) is 0 Å². The zero-order chi connectivity index (χ0) is 14.2. The van der Waals surface area contributed by atoms with Crippen molar-refractivity contribution in [2.45, 2.75) is 57.7 Å². The molecule has 0 N–H and O–H groups in total. The number of benzene rings is 1. The number of rotatable bonds is 5. The van der Waals surface area contributed by atoms with Gasteiger partial charge in [0, 0.05) is 11.1 Å². The van der Waals surface area contributed by atoms with Gasteiger partial charge in [0.25, 0.3) is 0 Å². The highest BCUT2D eigenvalue weighted by atomic mass is 16.6. The molecule has 20 heavy (non-hydrogen) atoms. The van der Waals surface area contributed by atoms with Crippen LogP contribution in [-0.2, 0) is 10.3 Å². The molecule has 1 aromatic carbocycles. The minimum Gasteiger partial charge on any atom is -0.356 e. The largest absolute Gasteiger partial charge is 0.356 e. The van der Waals surface area contributed by atoms with Crippen LogP contribution in [0, 0.1) is 0 Å². The van der Waals surface area contributed by atoms with Crippen molar-refractivity contribution >= 4 is 5.78 Å². The molecule has 0 saturated carbocycles. The maximum atomic E-state index is 12.6. The number of unbranched alkanes of at least 4 members (excludes halogenated alkanes) is 1. The molecular formula is C18H22O2. The highest BCUT2D eigenvalue weighted by Crippen LogP contribution is 2.54. The van der Waals surface area contributed by atoms with Gasteiger partial charge < -0.3 is 4.74 Å². The lowest BCUT2D eigenvalue weighted by Crippen LogP contribution is -2.23. The van der Waals surface area contributed by atoms with E-state index in [1.807, 2.05) is 18.2 Å². The molecule has 1 aromatic rings. The Hall–Kier alpha value is -1.41. The molecule has 1 saturated heterocycles. The summed E-state index contributed by atoms with van der Waals surface area (Å²) in [5.41, 5.74) is 2.57. The summed E-state index contributed by atoms with van der Waals surface area (Å²) in [6.45, 7) is 4.34. The molecule has 1 heterocycles. The predicted octanol–water partition coefficient (Wildman–Crippen LogP) is 4.39. The summed E-state index contributed by atoms with van der Waals surface area (Å²) in [5, 5.41) is 0. The third kappa shape index (κ3) is 2.03. The lowest BCUT2D eigenvalue weighted by Gasteiger charge is -2.22. The fraction of sp³-hybridized carbons (Fsp3) is 0.500. The van der Waals surface area contributed by atoms with Crippen LogP contribution in [0.5, 0.6) is 0 Å². The van der Waals surface area contributed by atoms with Gasteiger partial charge in [-0.25, -0.2) is 0 Å². The highest BCUT2D eigenvalue weighted by molar-refractivity contribution is 6.11. The average Bonchev–Trinajstić information content (AvgIpc) is 3.16. The van der Waals surface area contributed by atoms with E-state index >= 15 is 0 Å². The van der Waals surface area contributed by atoms with Crippen LogP contribution in [0.1, 0.15) is 61.9 Å². The average molecular weight is 270 g/mol. The van der Waals surface area contributed by atoms with Crippen molar-refractivity contribution in [3.63, 3.8) is 0 Å². The van der Waals surface area contributed by atoms with Gasteiger partial charge in [-0.1, -0.05) is 51.0 Å². The molecule has 2 heteroatoms. The number of hydrogen-bond donors (Lipinski definition) is 0. The lowest BCUT2D eigenvalue weighted by atomic mass is 9.79. The number of hydrogen-bond acceptors (Lipinski definition) is 2. The molecule has 1 aliphatic carbocycles. The van der Waals surface area contributed by atoms with Gasteiger partial charge in [0.2, 0.25) is 0 Å². The molecule has 2 atom stereocenters. The molecule has 1 fully saturated rings. The van der Waals surface area contributed by atoms with Crippen LogP contribution in [-0.4, -0.2) is 11.9 Å². The molecule has 0 bridgehead atoms. The smallest absolute Gasteiger partial charge is 0.189 e. The molecule has 0 radical (unpaired) electrons. The van der Waals surface area contributed by atoms with E-state index in [1.54, 1.807) is 0 Å². The first-order valence-corrected chi connectivity index (χ1v) is 7.76. The van der Waals surface area contributed by atoms with E-state index in [0.717, 1.165) is 48.8 Å². The number of ether oxygens (including phenoxy) is 1. The van der Waals surface area contributed by atoms with Crippen molar-refractivity contribution in [2.75, 3.05) is 0 Å². The first-order chi connectivity index (χ1) is 9.73. The number of fused-ring (bicyclic) bond motifs is 2. The van der Waals surface area contributed by atoms with Crippen molar-refractivity contribution in [3.05, 3.63) is 47.0 Å². The summed E-state index contributed by atoms with van der Waals surface area (Å²) in [5.74, 6) is 0.199. The van der Waals surface area contributed by atoms with Crippen LogP contribution in [0.15, 0.2) is 35.9 Å². The molecular weight excluding hydrogens is 248 g/mol. The van der Waals surface area contributed by atoms with Gasteiger partial charge in [-0.2, -0.15) is 0 Å². The van der Waals surface area contributed by atoms with E-state index in [0.29, 0.717) is 0 Å². The van der Waals surface area contributed by atoms with Gasteiger partial charge in [-0.05, 0) is 30.9 Å². The molecule has 0 amide bonds. The first-order valence-electron chi connectivity index (χ1n) is 7.76.